The van der Waals surface area contributed by atoms with Gasteiger partial charge in [-0.25, -0.2) is 9.79 Å². The van der Waals surface area contributed by atoms with Gasteiger partial charge in [-0.05, 0) is 47.5 Å². The van der Waals surface area contributed by atoms with Gasteiger partial charge < -0.3 is 4.74 Å². The summed E-state index contributed by atoms with van der Waals surface area (Å²) in [6, 6.07) is 12.3. The largest absolute Gasteiger partial charge is 0.403 e. The number of hydrogen-bond donors (Lipinski definition) is 0. The number of cyclic esters (lactones) is 1. The van der Waals surface area contributed by atoms with Crippen molar-refractivity contribution in [1.82, 2.24) is 0 Å². The molecule has 2 aromatic rings. The third-order valence-corrected chi connectivity index (χ3v) is 4.16. The fourth-order valence-corrected chi connectivity index (χ4v) is 2.43. The fourth-order valence-electron chi connectivity index (χ4n) is 2.00. The Bertz CT molecular complexity index is 884. The molecule has 0 bridgehead atoms. The first kappa shape index (κ1) is 16.8. The van der Waals surface area contributed by atoms with Crippen molar-refractivity contribution in [3.05, 3.63) is 80.4 Å². The fraction of sp³-hybridized carbons (Fsp3) is 0. The number of halogens is 3. The normalized spacial score (nSPS) is 15.9. The summed E-state index contributed by atoms with van der Waals surface area (Å²) in [7, 11) is 0. The Labute approximate surface area is 153 Å². The Balaban J connectivity index is 1.80. The Kier molecular flexibility index (Phi) is 5.05. The van der Waals surface area contributed by atoms with Gasteiger partial charge in [-0.15, -0.1) is 0 Å². The molecular weight excluding hydrogens is 369 g/mol. The SMILES string of the molecule is O=C1OC(/C=C/c2ccc(Cl)cc2)=NC/1=C/c1ccc(Cl)c(Cl)c1. The molecule has 0 aliphatic carbocycles. The van der Waals surface area contributed by atoms with Crippen molar-refractivity contribution in [2.75, 3.05) is 0 Å². The number of carbonyl (C=O) groups is 1. The molecular formula is C18H10Cl3NO2. The molecule has 0 atom stereocenters. The van der Waals surface area contributed by atoms with E-state index in [-0.39, 0.29) is 11.6 Å². The third kappa shape index (κ3) is 4.06. The average molecular weight is 379 g/mol. The minimum atomic E-state index is -0.517. The first-order chi connectivity index (χ1) is 11.5. The molecule has 1 heterocycles. The number of nitrogens with zero attached hydrogens (tertiary/aromatic N) is 1. The number of ether oxygens (including phenoxy) is 1. The Morgan fingerprint density at radius 2 is 1.58 bits per heavy atom. The van der Waals surface area contributed by atoms with Crippen LogP contribution in [0.5, 0.6) is 0 Å². The maximum absolute atomic E-state index is 11.9. The molecule has 6 heteroatoms. The molecule has 0 fully saturated rings. The molecule has 2 aromatic carbocycles. The molecule has 1 aliphatic heterocycles. The van der Waals surface area contributed by atoms with Gasteiger partial charge >= 0.3 is 5.97 Å². The molecule has 0 N–H and O–H groups in total. The van der Waals surface area contributed by atoms with Gasteiger partial charge in [-0.3, -0.25) is 0 Å². The van der Waals surface area contributed by atoms with Crippen molar-refractivity contribution in [1.29, 1.82) is 0 Å². The lowest BCUT2D eigenvalue weighted by atomic mass is 10.2. The topological polar surface area (TPSA) is 38.7 Å². The summed E-state index contributed by atoms with van der Waals surface area (Å²) >= 11 is 17.7. The molecule has 0 unspecified atom stereocenters. The summed E-state index contributed by atoms with van der Waals surface area (Å²) in [5, 5.41) is 1.51. The Morgan fingerprint density at radius 1 is 0.875 bits per heavy atom. The van der Waals surface area contributed by atoms with E-state index in [9.17, 15) is 4.79 Å². The number of aliphatic imine (C=N–C) groups is 1. The van der Waals surface area contributed by atoms with Crippen LogP contribution in [-0.4, -0.2) is 11.9 Å². The Hall–Kier alpha value is -2.07. The van der Waals surface area contributed by atoms with Gasteiger partial charge in [0.25, 0.3) is 0 Å². The number of rotatable bonds is 3. The molecule has 3 rings (SSSR count). The first-order valence-electron chi connectivity index (χ1n) is 6.92. The van der Waals surface area contributed by atoms with Crippen LogP contribution in [0.4, 0.5) is 0 Å². The van der Waals surface area contributed by atoms with Gasteiger partial charge in [-0.2, -0.15) is 0 Å². The molecule has 3 nitrogen and oxygen atoms in total. The molecule has 120 valence electrons. The molecule has 0 amide bonds. The maximum atomic E-state index is 11.9. The van der Waals surface area contributed by atoms with Gasteiger partial charge in [0.15, 0.2) is 5.70 Å². The van der Waals surface area contributed by atoms with Crippen LogP contribution in [0.15, 0.2) is 59.2 Å². The summed E-state index contributed by atoms with van der Waals surface area (Å²) in [5.41, 5.74) is 1.83. The second kappa shape index (κ2) is 7.22. The lowest BCUT2D eigenvalue weighted by molar-refractivity contribution is -0.129. The lowest BCUT2D eigenvalue weighted by Crippen LogP contribution is -2.01. The van der Waals surface area contributed by atoms with E-state index < -0.39 is 5.97 Å². The van der Waals surface area contributed by atoms with Gasteiger partial charge in [-0.1, -0.05) is 53.0 Å². The predicted molar refractivity (Wildman–Crippen MR) is 98.5 cm³/mol. The number of hydrogen-bond acceptors (Lipinski definition) is 3. The number of benzene rings is 2. The Morgan fingerprint density at radius 3 is 2.29 bits per heavy atom. The van der Waals surface area contributed by atoms with E-state index in [0.717, 1.165) is 5.56 Å². The van der Waals surface area contributed by atoms with Crippen molar-refractivity contribution < 1.29 is 9.53 Å². The molecule has 0 saturated carbocycles. The summed E-state index contributed by atoms with van der Waals surface area (Å²) in [6.07, 6.45) is 5.00. The van der Waals surface area contributed by atoms with Crippen molar-refractivity contribution in [3.8, 4) is 0 Å². The van der Waals surface area contributed by atoms with Crippen LogP contribution in [0.2, 0.25) is 15.1 Å². The van der Waals surface area contributed by atoms with Crippen LogP contribution < -0.4 is 0 Å². The second-order valence-corrected chi connectivity index (χ2v) is 6.18. The van der Waals surface area contributed by atoms with Crippen LogP contribution in [0.3, 0.4) is 0 Å². The van der Waals surface area contributed by atoms with Gasteiger partial charge in [0.1, 0.15) is 0 Å². The van der Waals surface area contributed by atoms with Gasteiger partial charge in [0.05, 0.1) is 10.0 Å². The second-order valence-electron chi connectivity index (χ2n) is 4.93. The van der Waals surface area contributed by atoms with Crippen LogP contribution >= 0.6 is 34.8 Å². The average Bonchev–Trinajstić information content (AvgIpc) is 2.90. The third-order valence-electron chi connectivity index (χ3n) is 3.17. The monoisotopic (exact) mass is 377 g/mol. The maximum Gasteiger partial charge on any atom is 0.363 e. The zero-order valence-corrected chi connectivity index (χ0v) is 14.4. The number of carbonyl (C=O) groups excluding carboxylic acids is 1. The molecule has 1 aliphatic rings. The highest BCUT2D eigenvalue weighted by Gasteiger charge is 2.21. The smallest absolute Gasteiger partial charge is 0.363 e. The predicted octanol–water partition coefficient (Wildman–Crippen LogP) is 5.66. The van der Waals surface area contributed by atoms with E-state index in [1.165, 1.54) is 0 Å². The van der Waals surface area contributed by atoms with Crippen LogP contribution in [-0.2, 0) is 9.53 Å². The van der Waals surface area contributed by atoms with Crippen molar-refractivity contribution in [2.45, 2.75) is 0 Å². The van der Waals surface area contributed by atoms with E-state index in [1.807, 2.05) is 12.1 Å². The van der Waals surface area contributed by atoms with E-state index in [0.29, 0.717) is 20.6 Å². The minimum absolute atomic E-state index is 0.198. The highest BCUT2D eigenvalue weighted by Crippen LogP contribution is 2.25. The summed E-state index contributed by atoms with van der Waals surface area (Å²) < 4.78 is 5.12. The van der Waals surface area contributed by atoms with Crippen LogP contribution in [0.1, 0.15) is 11.1 Å². The van der Waals surface area contributed by atoms with Gasteiger partial charge in [0.2, 0.25) is 5.90 Å². The van der Waals surface area contributed by atoms with Crippen molar-refractivity contribution in [2.24, 2.45) is 4.99 Å². The van der Waals surface area contributed by atoms with Gasteiger partial charge in [0, 0.05) is 11.1 Å². The highest BCUT2D eigenvalue weighted by molar-refractivity contribution is 6.42. The number of esters is 1. The minimum Gasteiger partial charge on any atom is -0.403 e. The van der Waals surface area contributed by atoms with E-state index >= 15 is 0 Å². The summed E-state index contributed by atoms with van der Waals surface area (Å²) in [5.74, 6) is -0.293. The zero-order chi connectivity index (χ0) is 17.1. The first-order valence-corrected chi connectivity index (χ1v) is 8.06. The molecule has 0 saturated heterocycles. The van der Waals surface area contributed by atoms with Crippen LogP contribution in [0, 0.1) is 0 Å². The summed E-state index contributed by atoms with van der Waals surface area (Å²) in [6.45, 7) is 0. The molecule has 0 spiro atoms. The molecule has 0 aromatic heterocycles. The van der Waals surface area contributed by atoms with E-state index in [2.05, 4.69) is 4.99 Å². The zero-order valence-electron chi connectivity index (χ0n) is 12.2. The van der Waals surface area contributed by atoms with Crippen molar-refractivity contribution >= 4 is 58.8 Å². The standard InChI is InChI=1S/C18H10Cl3NO2/c19-13-5-1-11(2-6-13)4-8-17-22-16(18(23)24-17)10-12-3-7-14(20)15(21)9-12/h1-10H/b8-4+,16-10+. The quantitative estimate of drug-likeness (QED) is 0.511. The highest BCUT2D eigenvalue weighted by atomic mass is 35.5. The molecule has 24 heavy (non-hydrogen) atoms. The van der Waals surface area contributed by atoms with E-state index in [1.54, 1.807) is 48.6 Å². The molecule has 0 radical (unpaired) electrons. The lowest BCUT2D eigenvalue weighted by Gasteiger charge is -1.97. The summed E-state index contributed by atoms with van der Waals surface area (Å²) in [4.78, 5) is 16.0. The van der Waals surface area contributed by atoms with Crippen LogP contribution in [0.25, 0.3) is 12.2 Å². The van der Waals surface area contributed by atoms with E-state index in [4.69, 9.17) is 39.5 Å². The van der Waals surface area contributed by atoms with Crippen molar-refractivity contribution in [3.63, 3.8) is 0 Å².